The minimum atomic E-state index is -5.69. The highest BCUT2D eigenvalue weighted by atomic mass is 19.4. The molecule has 0 aliphatic carbocycles. The maximum absolute atomic E-state index is 12.3. The van der Waals surface area contributed by atoms with Gasteiger partial charge < -0.3 is 9.47 Å². The largest absolute Gasteiger partial charge is 0.467 e. The summed E-state index contributed by atoms with van der Waals surface area (Å²) in [4.78, 5) is 10.6. The highest BCUT2D eigenvalue weighted by molar-refractivity contribution is 5.73. The van der Waals surface area contributed by atoms with Gasteiger partial charge in [0.05, 0.1) is 7.11 Å². The van der Waals surface area contributed by atoms with Crippen LogP contribution in [-0.2, 0) is 14.3 Å². The lowest BCUT2D eigenvalue weighted by molar-refractivity contribution is -0.299. The van der Waals surface area contributed by atoms with Crippen molar-refractivity contribution in [3.8, 4) is 0 Å². The number of alkyl halides is 5. The van der Waals surface area contributed by atoms with Gasteiger partial charge in [-0.1, -0.05) is 0 Å². The summed E-state index contributed by atoms with van der Waals surface area (Å²) in [6, 6.07) is 0. The molecule has 0 aromatic heterocycles. The van der Waals surface area contributed by atoms with Gasteiger partial charge in [0.2, 0.25) is 0 Å². The van der Waals surface area contributed by atoms with Gasteiger partial charge >= 0.3 is 18.1 Å². The van der Waals surface area contributed by atoms with Crippen LogP contribution in [0.25, 0.3) is 0 Å². The highest BCUT2D eigenvalue weighted by Crippen LogP contribution is 2.35. The van der Waals surface area contributed by atoms with Crippen molar-refractivity contribution in [2.45, 2.75) is 25.1 Å². The molecule has 0 saturated carbocycles. The Morgan fingerprint density at radius 3 is 2.07 bits per heavy atom. The zero-order chi connectivity index (χ0) is 12.3. The molecular weight excluding hydrogens is 227 g/mol. The SMILES string of the molecule is COC(=O)[C@@H](C)OCC(F)(F)C(F)(F)F. The molecule has 0 aromatic carbocycles. The maximum atomic E-state index is 12.3. The molecule has 0 unspecified atom stereocenters. The number of methoxy groups -OCH3 is 1. The molecule has 0 aliphatic heterocycles. The van der Waals surface area contributed by atoms with Crippen LogP contribution in [0.1, 0.15) is 6.92 Å². The van der Waals surface area contributed by atoms with E-state index in [1.54, 1.807) is 0 Å². The van der Waals surface area contributed by atoms with Gasteiger partial charge in [-0.25, -0.2) is 4.79 Å². The fourth-order valence-corrected chi connectivity index (χ4v) is 0.545. The molecule has 0 amide bonds. The van der Waals surface area contributed by atoms with Crippen molar-refractivity contribution in [1.29, 1.82) is 0 Å². The first kappa shape index (κ1) is 14.1. The Kier molecular flexibility index (Phi) is 4.44. The Hall–Kier alpha value is -0.920. The van der Waals surface area contributed by atoms with Crippen LogP contribution in [0.3, 0.4) is 0 Å². The van der Waals surface area contributed by atoms with Gasteiger partial charge in [0.15, 0.2) is 6.10 Å². The van der Waals surface area contributed by atoms with Gasteiger partial charge in [0.1, 0.15) is 6.61 Å². The molecule has 0 aromatic rings. The monoisotopic (exact) mass is 236 g/mol. The topological polar surface area (TPSA) is 35.5 Å². The second-order valence-corrected chi connectivity index (χ2v) is 2.68. The fourth-order valence-electron chi connectivity index (χ4n) is 0.545. The summed E-state index contributed by atoms with van der Waals surface area (Å²) in [6.07, 6.45) is -7.16. The molecule has 0 heterocycles. The van der Waals surface area contributed by atoms with E-state index in [9.17, 15) is 26.7 Å². The molecule has 90 valence electrons. The molecule has 15 heavy (non-hydrogen) atoms. The van der Waals surface area contributed by atoms with Crippen molar-refractivity contribution in [3.63, 3.8) is 0 Å². The van der Waals surface area contributed by atoms with E-state index in [4.69, 9.17) is 0 Å². The molecule has 0 N–H and O–H groups in total. The summed E-state index contributed by atoms with van der Waals surface area (Å²) < 4.78 is 67.5. The summed E-state index contributed by atoms with van der Waals surface area (Å²) in [5, 5.41) is 0. The molecule has 1 atom stereocenters. The van der Waals surface area contributed by atoms with E-state index in [0.717, 1.165) is 14.0 Å². The van der Waals surface area contributed by atoms with Crippen molar-refractivity contribution in [3.05, 3.63) is 0 Å². The average molecular weight is 236 g/mol. The van der Waals surface area contributed by atoms with Crippen LogP contribution in [0.15, 0.2) is 0 Å². The molecule has 8 heteroatoms. The number of halogens is 5. The van der Waals surface area contributed by atoms with E-state index in [1.807, 2.05) is 0 Å². The minimum Gasteiger partial charge on any atom is -0.467 e. The number of esters is 1. The van der Waals surface area contributed by atoms with Gasteiger partial charge in [-0.2, -0.15) is 22.0 Å². The summed E-state index contributed by atoms with van der Waals surface area (Å²) >= 11 is 0. The number of hydrogen-bond acceptors (Lipinski definition) is 3. The van der Waals surface area contributed by atoms with Crippen LogP contribution in [0.5, 0.6) is 0 Å². The van der Waals surface area contributed by atoms with Gasteiger partial charge in [0.25, 0.3) is 0 Å². The lowest BCUT2D eigenvalue weighted by atomic mass is 10.3. The molecule has 0 fully saturated rings. The maximum Gasteiger partial charge on any atom is 0.455 e. The molecule has 0 saturated heterocycles. The van der Waals surface area contributed by atoms with Crippen LogP contribution >= 0.6 is 0 Å². The number of carbonyl (C=O) groups is 1. The third kappa shape index (κ3) is 3.98. The van der Waals surface area contributed by atoms with Crippen molar-refractivity contribution in [2.24, 2.45) is 0 Å². The third-order valence-corrected chi connectivity index (χ3v) is 1.46. The Morgan fingerprint density at radius 1 is 1.27 bits per heavy atom. The number of rotatable bonds is 4. The fraction of sp³-hybridized carbons (Fsp3) is 0.857. The van der Waals surface area contributed by atoms with Crippen molar-refractivity contribution in [2.75, 3.05) is 13.7 Å². The van der Waals surface area contributed by atoms with Crippen molar-refractivity contribution >= 4 is 5.97 Å². The lowest BCUT2D eigenvalue weighted by Gasteiger charge is -2.20. The second kappa shape index (κ2) is 4.73. The van der Waals surface area contributed by atoms with E-state index in [0.29, 0.717) is 0 Å². The van der Waals surface area contributed by atoms with E-state index in [1.165, 1.54) is 0 Å². The van der Waals surface area contributed by atoms with Crippen molar-refractivity contribution < 1.29 is 36.2 Å². The Labute approximate surface area is 82.1 Å². The van der Waals surface area contributed by atoms with Gasteiger partial charge in [-0.15, -0.1) is 0 Å². The molecule has 0 radical (unpaired) electrons. The predicted molar refractivity (Wildman–Crippen MR) is 38.4 cm³/mol. The van der Waals surface area contributed by atoms with E-state index >= 15 is 0 Å². The normalized spacial score (nSPS) is 14.9. The minimum absolute atomic E-state index is 0.962. The lowest BCUT2D eigenvalue weighted by Crippen LogP contribution is -2.42. The molecule has 0 spiro atoms. The predicted octanol–water partition coefficient (Wildman–Crippen LogP) is 1.76. The number of carbonyl (C=O) groups excluding carboxylic acids is 1. The van der Waals surface area contributed by atoms with E-state index < -0.39 is 30.8 Å². The van der Waals surface area contributed by atoms with Gasteiger partial charge in [-0.3, -0.25) is 0 Å². The zero-order valence-electron chi connectivity index (χ0n) is 7.90. The number of hydrogen-bond donors (Lipinski definition) is 0. The van der Waals surface area contributed by atoms with Crippen LogP contribution in [0.4, 0.5) is 22.0 Å². The first-order chi connectivity index (χ1) is 6.62. The van der Waals surface area contributed by atoms with E-state index in [2.05, 4.69) is 9.47 Å². The zero-order valence-corrected chi connectivity index (χ0v) is 7.90. The van der Waals surface area contributed by atoms with Crippen LogP contribution in [0.2, 0.25) is 0 Å². The second-order valence-electron chi connectivity index (χ2n) is 2.68. The summed E-state index contributed by atoms with van der Waals surface area (Å²) in [6.45, 7) is -0.898. The van der Waals surface area contributed by atoms with Crippen LogP contribution in [0, 0.1) is 0 Å². The highest BCUT2D eigenvalue weighted by Gasteiger charge is 2.57. The summed E-state index contributed by atoms with van der Waals surface area (Å²) in [7, 11) is 0.962. The summed E-state index contributed by atoms with van der Waals surface area (Å²) in [5.41, 5.74) is 0. The quantitative estimate of drug-likeness (QED) is 0.551. The molecule has 0 bridgehead atoms. The van der Waals surface area contributed by atoms with Crippen LogP contribution < -0.4 is 0 Å². The van der Waals surface area contributed by atoms with Gasteiger partial charge in [-0.05, 0) is 6.92 Å². The van der Waals surface area contributed by atoms with Crippen molar-refractivity contribution in [1.82, 2.24) is 0 Å². The third-order valence-electron chi connectivity index (χ3n) is 1.46. The first-order valence-corrected chi connectivity index (χ1v) is 3.76. The Bertz CT molecular complexity index is 225. The standard InChI is InChI=1S/C7H9F5O3/c1-4(5(13)14-2)15-3-6(8,9)7(10,11)12/h4H,3H2,1-2H3/t4-/m1/s1. The average Bonchev–Trinajstić information content (AvgIpc) is 2.11. The van der Waals surface area contributed by atoms with Crippen LogP contribution in [-0.4, -0.2) is 37.9 Å². The van der Waals surface area contributed by atoms with E-state index in [-0.39, 0.29) is 0 Å². The smallest absolute Gasteiger partial charge is 0.455 e. The molecule has 3 nitrogen and oxygen atoms in total. The van der Waals surface area contributed by atoms with Gasteiger partial charge in [0, 0.05) is 0 Å². The summed E-state index contributed by atoms with van der Waals surface area (Å²) in [5.74, 6) is -6.00. The first-order valence-electron chi connectivity index (χ1n) is 3.76. The Morgan fingerprint density at radius 2 is 1.73 bits per heavy atom. The number of ether oxygens (including phenoxy) is 2. The molecular formula is C7H9F5O3. The molecule has 0 aliphatic rings. The Balaban J connectivity index is 4.22. The molecule has 0 rings (SSSR count).